The molecule has 6 heteroatoms. The first-order valence-electron chi connectivity index (χ1n) is 7.20. The van der Waals surface area contributed by atoms with Gasteiger partial charge >= 0.3 is 5.97 Å². The highest BCUT2D eigenvalue weighted by Crippen LogP contribution is 2.24. The van der Waals surface area contributed by atoms with Crippen molar-refractivity contribution in [1.29, 1.82) is 0 Å². The lowest BCUT2D eigenvalue weighted by Gasteiger charge is -2.31. The zero-order valence-corrected chi connectivity index (χ0v) is 14.5. The van der Waals surface area contributed by atoms with Crippen LogP contribution >= 0.6 is 27.3 Å². The van der Waals surface area contributed by atoms with Crippen LogP contribution in [0.5, 0.6) is 0 Å². The van der Waals surface area contributed by atoms with Gasteiger partial charge in [-0.15, -0.1) is 11.3 Å². The number of hydrogen-bond acceptors (Lipinski definition) is 4. The third-order valence-corrected chi connectivity index (χ3v) is 5.43. The summed E-state index contributed by atoms with van der Waals surface area (Å²) < 4.78 is 5.90. The quantitative estimate of drug-likeness (QED) is 0.744. The van der Waals surface area contributed by atoms with Gasteiger partial charge in [-0.25, -0.2) is 0 Å². The maximum absolute atomic E-state index is 12.2. The van der Waals surface area contributed by atoms with Crippen molar-refractivity contribution in [1.82, 2.24) is 4.90 Å². The van der Waals surface area contributed by atoms with Gasteiger partial charge in [-0.3, -0.25) is 9.59 Å². The zero-order valence-electron chi connectivity index (χ0n) is 12.1. The van der Waals surface area contributed by atoms with Gasteiger partial charge in [0.1, 0.15) is 0 Å². The minimum Gasteiger partial charge on any atom is -0.469 e. The summed E-state index contributed by atoms with van der Waals surface area (Å²) in [5.74, 6) is -0.198. The number of methoxy groups -OCH3 is 1. The second-order valence-corrected chi connectivity index (χ2v) is 7.81. The Labute approximate surface area is 137 Å². The molecule has 1 unspecified atom stereocenters. The third kappa shape index (κ3) is 4.81. The molecule has 1 aliphatic heterocycles. The number of carbonyl (C=O) groups excluding carboxylic acids is 2. The standard InChI is InChI=1S/C15H20BrNO3S/c1-20-15(19)11-4-3-9-17(10-11)14(18)6-2-5-12-7-8-13(16)21-12/h7-8,11H,2-6,9-10H2,1H3. The number of esters is 1. The van der Waals surface area contributed by atoms with Crippen LogP contribution in [0.1, 0.15) is 30.6 Å². The predicted molar refractivity (Wildman–Crippen MR) is 86.3 cm³/mol. The van der Waals surface area contributed by atoms with Gasteiger partial charge in [0.15, 0.2) is 0 Å². The number of nitrogens with zero attached hydrogens (tertiary/aromatic N) is 1. The molecule has 4 nitrogen and oxygen atoms in total. The van der Waals surface area contributed by atoms with E-state index in [1.807, 2.05) is 11.0 Å². The van der Waals surface area contributed by atoms with E-state index in [-0.39, 0.29) is 17.8 Å². The second kappa shape index (κ2) is 7.94. The number of amides is 1. The van der Waals surface area contributed by atoms with Crippen LogP contribution < -0.4 is 0 Å². The van der Waals surface area contributed by atoms with Crippen LogP contribution in [0.3, 0.4) is 0 Å². The molecule has 0 radical (unpaired) electrons. The minimum atomic E-state index is -0.198. The number of carbonyl (C=O) groups is 2. The maximum Gasteiger partial charge on any atom is 0.310 e. The topological polar surface area (TPSA) is 46.6 Å². The molecule has 0 aromatic carbocycles. The summed E-state index contributed by atoms with van der Waals surface area (Å²) in [5.41, 5.74) is 0. The summed E-state index contributed by atoms with van der Waals surface area (Å²) in [6.07, 6.45) is 4.02. The Kier molecular flexibility index (Phi) is 6.23. The molecule has 21 heavy (non-hydrogen) atoms. The Hall–Kier alpha value is -0.880. The van der Waals surface area contributed by atoms with E-state index < -0.39 is 0 Å². The van der Waals surface area contributed by atoms with Gasteiger partial charge in [0.25, 0.3) is 0 Å². The SMILES string of the molecule is COC(=O)C1CCCN(C(=O)CCCc2ccc(Br)s2)C1. The average Bonchev–Trinajstić information content (AvgIpc) is 2.92. The van der Waals surface area contributed by atoms with Crippen LogP contribution in [0.2, 0.25) is 0 Å². The Balaban J connectivity index is 1.76. The molecule has 0 spiro atoms. The molecule has 0 N–H and O–H groups in total. The number of piperidine rings is 1. The molecule has 1 aromatic heterocycles. The molecule has 0 bridgehead atoms. The number of hydrogen-bond donors (Lipinski definition) is 0. The lowest BCUT2D eigenvalue weighted by Crippen LogP contribution is -2.42. The molecule has 1 atom stereocenters. The van der Waals surface area contributed by atoms with Crippen molar-refractivity contribution >= 4 is 39.1 Å². The summed E-state index contributed by atoms with van der Waals surface area (Å²) in [6, 6.07) is 4.13. The van der Waals surface area contributed by atoms with Crippen LogP contribution in [0.25, 0.3) is 0 Å². The van der Waals surface area contributed by atoms with Crippen molar-refractivity contribution in [3.63, 3.8) is 0 Å². The van der Waals surface area contributed by atoms with Gasteiger partial charge < -0.3 is 9.64 Å². The minimum absolute atomic E-state index is 0.152. The van der Waals surface area contributed by atoms with Crippen LogP contribution in [0.15, 0.2) is 15.9 Å². The van der Waals surface area contributed by atoms with Crippen molar-refractivity contribution in [3.05, 3.63) is 20.8 Å². The van der Waals surface area contributed by atoms with Gasteiger partial charge in [-0.2, -0.15) is 0 Å². The molecular formula is C15H20BrNO3S. The monoisotopic (exact) mass is 373 g/mol. The maximum atomic E-state index is 12.2. The van der Waals surface area contributed by atoms with Crippen molar-refractivity contribution in [2.75, 3.05) is 20.2 Å². The van der Waals surface area contributed by atoms with Crippen molar-refractivity contribution in [2.24, 2.45) is 5.92 Å². The number of ether oxygens (including phenoxy) is 1. The largest absolute Gasteiger partial charge is 0.469 e. The fourth-order valence-electron chi connectivity index (χ4n) is 2.62. The lowest BCUT2D eigenvalue weighted by molar-refractivity contribution is -0.149. The number of rotatable bonds is 5. The molecule has 1 aliphatic rings. The van der Waals surface area contributed by atoms with E-state index in [2.05, 4.69) is 22.0 Å². The molecule has 1 fully saturated rings. The number of thiophene rings is 1. The summed E-state index contributed by atoms with van der Waals surface area (Å²) in [6.45, 7) is 1.27. The number of aryl methyl sites for hydroxylation is 1. The summed E-state index contributed by atoms with van der Waals surface area (Å²) >= 11 is 5.15. The summed E-state index contributed by atoms with van der Waals surface area (Å²) in [5, 5.41) is 0. The average molecular weight is 374 g/mol. The molecule has 1 aromatic rings. The highest BCUT2D eigenvalue weighted by atomic mass is 79.9. The Morgan fingerprint density at radius 3 is 2.95 bits per heavy atom. The Morgan fingerprint density at radius 2 is 2.29 bits per heavy atom. The van der Waals surface area contributed by atoms with E-state index >= 15 is 0 Å². The Bertz CT molecular complexity index is 503. The molecule has 2 rings (SSSR count). The first-order chi connectivity index (χ1) is 10.1. The van der Waals surface area contributed by atoms with Crippen LogP contribution in [-0.4, -0.2) is 37.0 Å². The fraction of sp³-hybridized carbons (Fsp3) is 0.600. The smallest absolute Gasteiger partial charge is 0.310 e. The van der Waals surface area contributed by atoms with E-state index in [9.17, 15) is 9.59 Å². The molecule has 116 valence electrons. The Morgan fingerprint density at radius 1 is 1.48 bits per heavy atom. The van der Waals surface area contributed by atoms with Gasteiger partial charge in [-0.1, -0.05) is 0 Å². The lowest BCUT2D eigenvalue weighted by atomic mass is 9.98. The molecule has 0 aliphatic carbocycles. The van der Waals surface area contributed by atoms with Crippen LogP contribution in [-0.2, 0) is 20.7 Å². The number of halogens is 1. The van der Waals surface area contributed by atoms with Crippen LogP contribution in [0.4, 0.5) is 0 Å². The molecular weight excluding hydrogens is 354 g/mol. The van der Waals surface area contributed by atoms with E-state index in [1.54, 1.807) is 11.3 Å². The predicted octanol–water partition coefficient (Wildman–Crippen LogP) is 3.24. The number of likely N-dealkylation sites (tertiary alicyclic amines) is 1. The van der Waals surface area contributed by atoms with Gasteiger partial charge in [0, 0.05) is 24.4 Å². The first-order valence-corrected chi connectivity index (χ1v) is 8.81. The molecule has 0 saturated carbocycles. The van der Waals surface area contributed by atoms with Crippen molar-refractivity contribution in [3.8, 4) is 0 Å². The van der Waals surface area contributed by atoms with Crippen molar-refractivity contribution in [2.45, 2.75) is 32.1 Å². The zero-order chi connectivity index (χ0) is 15.2. The van der Waals surface area contributed by atoms with Crippen LogP contribution in [0, 0.1) is 5.92 Å². The highest BCUT2D eigenvalue weighted by molar-refractivity contribution is 9.11. The van der Waals surface area contributed by atoms with Gasteiger partial charge in [-0.05, 0) is 53.7 Å². The highest BCUT2D eigenvalue weighted by Gasteiger charge is 2.28. The van der Waals surface area contributed by atoms with E-state index in [1.165, 1.54) is 12.0 Å². The molecule has 1 saturated heterocycles. The van der Waals surface area contributed by atoms with E-state index in [0.717, 1.165) is 36.0 Å². The molecule has 1 amide bonds. The normalized spacial score (nSPS) is 18.6. The van der Waals surface area contributed by atoms with E-state index in [0.29, 0.717) is 13.0 Å². The first kappa shape index (κ1) is 16.5. The molecule has 2 heterocycles. The summed E-state index contributed by atoms with van der Waals surface area (Å²) in [4.78, 5) is 26.9. The van der Waals surface area contributed by atoms with Crippen molar-refractivity contribution < 1.29 is 14.3 Å². The van der Waals surface area contributed by atoms with E-state index in [4.69, 9.17) is 4.74 Å². The summed E-state index contributed by atoms with van der Waals surface area (Å²) in [7, 11) is 1.41. The van der Waals surface area contributed by atoms with Gasteiger partial charge in [0.05, 0.1) is 16.8 Å². The second-order valence-electron chi connectivity index (χ2n) is 5.26. The third-order valence-electron chi connectivity index (χ3n) is 3.75. The van der Waals surface area contributed by atoms with Gasteiger partial charge in [0.2, 0.25) is 5.91 Å². The fourth-order valence-corrected chi connectivity index (χ4v) is 4.15.